The van der Waals surface area contributed by atoms with Gasteiger partial charge in [0.2, 0.25) is 17.7 Å². The van der Waals surface area contributed by atoms with Crippen LogP contribution in [0, 0.1) is 11.8 Å². The Morgan fingerprint density at radius 1 is 1.00 bits per heavy atom. The highest BCUT2D eigenvalue weighted by molar-refractivity contribution is 5.97. The van der Waals surface area contributed by atoms with Gasteiger partial charge in [-0.3, -0.25) is 19.1 Å². The van der Waals surface area contributed by atoms with E-state index in [0.29, 0.717) is 48.4 Å². The lowest BCUT2D eigenvalue weighted by atomic mass is 9.81. The van der Waals surface area contributed by atoms with Gasteiger partial charge in [-0.05, 0) is 86.0 Å². The number of nitrogens with zero attached hydrogens (tertiary/aromatic N) is 2. The van der Waals surface area contributed by atoms with E-state index in [1.165, 1.54) is 0 Å². The van der Waals surface area contributed by atoms with Crippen molar-refractivity contribution in [1.82, 2.24) is 20.4 Å². The van der Waals surface area contributed by atoms with E-state index >= 15 is 0 Å². The van der Waals surface area contributed by atoms with E-state index < -0.39 is 11.8 Å². The number of nitrogens with two attached hydrogens (primary N) is 1. The highest BCUT2D eigenvalue weighted by atomic mass is 16.5. The fourth-order valence-electron chi connectivity index (χ4n) is 5.48. The number of pyridine rings is 1. The van der Waals surface area contributed by atoms with Crippen molar-refractivity contribution in [2.24, 2.45) is 17.6 Å². The van der Waals surface area contributed by atoms with Gasteiger partial charge in [-0.15, -0.1) is 0 Å². The number of carbonyl (C=O) groups is 2. The van der Waals surface area contributed by atoms with E-state index in [0.717, 1.165) is 55.2 Å². The van der Waals surface area contributed by atoms with Gasteiger partial charge in [-0.2, -0.15) is 0 Å². The van der Waals surface area contributed by atoms with Crippen LogP contribution in [0.25, 0.3) is 22.5 Å². The van der Waals surface area contributed by atoms with E-state index in [1.807, 2.05) is 36.4 Å². The third-order valence-corrected chi connectivity index (χ3v) is 8.26. The van der Waals surface area contributed by atoms with Crippen molar-refractivity contribution < 1.29 is 18.8 Å². The quantitative estimate of drug-likeness (QED) is 0.158. The molecule has 1 fully saturated rings. The maximum atomic E-state index is 13.6. The molecule has 2 aromatic carbocycles. The van der Waals surface area contributed by atoms with Gasteiger partial charge in [-0.25, -0.2) is 9.78 Å². The summed E-state index contributed by atoms with van der Waals surface area (Å²) in [6.45, 7) is 3.40. The highest BCUT2D eigenvalue weighted by Crippen LogP contribution is 2.28. The monoisotopic (exact) mass is 612 g/mol. The van der Waals surface area contributed by atoms with Gasteiger partial charge < -0.3 is 21.1 Å². The van der Waals surface area contributed by atoms with Crippen LogP contribution in [0.15, 0.2) is 76.2 Å². The van der Waals surface area contributed by atoms with Crippen LogP contribution in [0.3, 0.4) is 0 Å². The number of ether oxygens (including phenoxy) is 1. The molecule has 4 aromatic rings. The van der Waals surface area contributed by atoms with Crippen molar-refractivity contribution in [3.05, 3.63) is 83.0 Å². The second-order valence-electron chi connectivity index (χ2n) is 11.5. The van der Waals surface area contributed by atoms with Gasteiger partial charge >= 0.3 is 5.76 Å². The van der Waals surface area contributed by atoms with Crippen LogP contribution in [-0.2, 0) is 16.0 Å². The summed E-state index contributed by atoms with van der Waals surface area (Å²) in [6.07, 6.45) is 7.51. The van der Waals surface area contributed by atoms with Crippen LogP contribution in [0.2, 0.25) is 0 Å². The Bertz CT molecular complexity index is 1590. The third kappa shape index (κ3) is 8.66. The fourth-order valence-corrected chi connectivity index (χ4v) is 5.48. The topological polar surface area (TPSA) is 165 Å². The molecule has 5 N–H and O–H groups in total. The first-order chi connectivity index (χ1) is 21.9. The molecule has 1 aliphatic rings. The summed E-state index contributed by atoms with van der Waals surface area (Å²) in [5, 5.41) is 9.65. The lowest BCUT2D eigenvalue weighted by Crippen LogP contribution is -2.48. The van der Waals surface area contributed by atoms with Crippen LogP contribution in [0.5, 0.6) is 5.88 Å². The lowest BCUT2D eigenvalue weighted by Gasteiger charge is -2.28. The van der Waals surface area contributed by atoms with Crippen LogP contribution < -0.4 is 26.9 Å². The molecule has 2 aromatic heterocycles. The molecule has 5 rings (SSSR count). The summed E-state index contributed by atoms with van der Waals surface area (Å²) in [5.41, 5.74) is 9.86. The van der Waals surface area contributed by atoms with Crippen LogP contribution in [-0.4, -0.2) is 46.1 Å². The summed E-state index contributed by atoms with van der Waals surface area (Å²) < 4.78 is 10.2. The van der Waals surface area contributed by atoms with Gasteiger partial charge in [0.05, 0.1) is 6.61 Å². The average Bonchev–Trinajstić information content (AvgIpc) is 3.51. The average molecular weight is 613 g/mol. The van der Waals surface area contributed by atoms with E-state index in [9.17, 15) is 14.4 Å². The van der Waals surface area contributed by atoms with Crippen molar-refractivity contribution in [2.45, 2.75) is 57.9 Å². The normalized spacial score (nSPS) is 16.9. The van der Waals surface area contributed by atoms with Gasteiger partial charge in [0.25, 0.3) is 0 Å². The molecule has 236 valence electrons. The number of anilines is 1. The molecule has 2 heterocycles. The molecule has 11 nitrogen and oxygen atoms in total. The van der Waals surface area contributed by atoms with Gasteiger partial charge in [-0.1, -0.05) is 42.8 Å². The number of rotatable bonds is 13. The Kier molecular flexibility index (Phi) is 10.8. The summed E-state index contributed by atoms with van der Waals surface area (Å²) in [7, 11) is 0. The Balaban J connectivity index is 1.27. The van der Waals surface area contributed by atoms with Gasteiger partial charge in [0.15, 0.2) is 5.82 Å². The van der Waals surface area contributed by atoms with Crippen LogP contribution in [0.4, 0.5) is 5.69 Å². The van der Waals surface area contributed by atoms with E-state index in [2.05, 4.69) is 37.2 Å². The number of hydrogen-bond acceptors (Lipinski definition) is 8. The standard InChI is InChI=1S/C34H40N6O5/c1-2-3-18-44-30-17-14-27(21-36-30)24-8-4-22(5-9-24)19-29(38-32(41)26-10-6-23(20-35)7-11-26)33(42)37-28-15-12-25(13-16-28)31-39-34(43)45-40-31/h4-5,8-9,12-17,21,23,26,29H,2-3,6-7,10-11,18-20,35H2,1H3,(H,37,42)(H,38,41)(H,39,40,43)/t23?,26?,29-/m0/s1. The largest absolute Gasteiger partial charge is 0.478 e. The van der Waals surface area contributed by atoms with Crippen LogP contribution in [0.1, 0.15) is 51.0 Å². The molecular formula is C34H40N6O5. The molecule has 0 spiro atoms. The number of benzene rings is 2. The summed E-state index contributed by atoms with van der Waals surface area (Å²) in [5.74, 6) is 0.122. The minimum absolute atomic E-state index is 0.111. The van der Waals surface area contributed by atoms with E-state index in [-0.39, 0.29) is 17.7 Å². The smallest absolute Gasteiger partial charge is 0.439 e. The van der Waals surface area contributed by atoms with Crippen molar-refractivity contribution in [3.8, 4) is 28.4 Å². The van der Waals surface area contributed by atoms with E-state index in [1.54, 1.807) is 30.5 Å². The summed E-state index contributed by atoms with van der Waals surface area (Å²) in [4.78, 5) is 45.1. The molecule has 0 saturated heterocycles. The SMILES string of the molecule is CCCCOc1ccc(-c2ccc(C[C@H](NC(=O)C3CCC(CN)CC3)C(=O)Nc3ccc(-c4noc(=O)[nH]4)cc3)cc2)cn1. The lowest BCUT2D eigenvalue weighted by molar-refractivity contribution is -0.130. The highest BCUT2D eigenvalue weighted by Gasteiger charge is 2.29. The zero-order chi connectivity index (χ0) is 31.6. The first-order valence-corrected chi connectivity index (χ1v) is 15.6. The maximum absolute atomic E-state index is 13.6. The second kappa shape index (κ2) is 15.3. The van der Waals surface area contributed by atoms with Crippen LogP contribution >= 0.6 is 0 Å². The molecule has 0 bridgehead atoms. The summed E-state index contributed by atoms with van der Waals surface area (Å²) >= 11 is 0. The zero-order valence-electron chi connectivity index (χ0n) is 25.5. The van der Waals surface area contributed by atoms with Crippen molar-refractivity contribution in [2.75, 3.05) is 18.5 Å². The molecule has 1 saturated carbocycles. The maximum Gasteiger partial charge on any atom is 0.439 e. The minimum atomic E-state index is -0.789. The number of hydrogen-bond donors (Lipinski definition) is 4. The molecule has 11 heteroatoms. The first-order valence-electron chi connectivity index (χ1n) is 15.6. The second-order valence-corrected chi connectivity index (χ2v) is 11.5. The van der Waals surface area contributed by atoms with Crippen molar-refractivity contribution in [1.29, 1.82) is 0 Å². The number of nitrogens with one attached hydrogen (secondary N) is 3. The molecule has 1 atom stereocenters. The zero-order valence-corrected chi connectivity index (χ0v) is 25.5. The minimum Gasteiger partial charge on any atom is -0.478 e. The summed E-state index contributed by atoms with van der Waals surface area (Å²) in [6, 6.07) is 17.8. The Morgan fingerprint density at radius 2 is 1.71 bits per heavy atom. The predicted molar refractivity (Wildman–Crippen MR) is 171 cm³/mol. The third-order valence-electron chi connectivity index (χ3n) is 8.26. The fraction of sp³-hybridized carbons (Fsp3) is 0.382. The number of unbranched alkanes of at least 4 members (excludes halogenated alkanes) is 1. The Hall–Kier alpha value is -4.77. The molecular weight excluding hydrogens is 572 g/mol. The Morgan fingerprint density at radius 3 is 2.33 bits per heavy atom. The first kappa shape index (κ1) is 31.6. The molecule has 2 amide bonds. The van der Waals surface area contributed by atoms with Crippen molar-refractivity contribution in [3.63, 3.8) is 0 Å². The number of H-pyrrole nitrogens is 1. The number of amides is 2. The molecule has 0 unspecified atom stereocenters. The predicted octanol–water partition coefficient (Wildman–Crippen LogP) is 4.70. The molecule has 1 aliphatic carbocycles. The number of carbonyl (C=O) groups excluding carboxylic acids is 2. The van der Waals surface area contributed by atoms with Gasteiger partial charge in [0, 0.05) is 41.4 Å². The number of aromatic nitrogens is 3. The van der Waals surface area contributed by atoms with E-state index in [4.69, 9.17) is 10.5 Å². The molecule has 0 radical (unpaired) electrons. The molecule has 45 heavy (non-hydrogen) atoms. The number of aromatic amines is 1. The van der Waals surface area contributed by atoms with Crippen molar-refractivity contribution >= 4 is 17.5 Å². The van der Waals surface area contributed by atoms with Gasteiger partial charge in [0.1, 0.15) is 6.04 Å². The molecule has 0 aliphatic heterocycles. The Labute approximate surface area is 262 Å².